The Morgan fingerprint density at radius 2 is 1.62 bits per heavy atom. The van der Waals surface area contributed by atoms with Crippen LogP contribution in [-0.4, -0.2) is 18.3 Å². The standard InChI is InChI=1S/C15H15NO2.C7H14O/c16-9-11-5-7-12(8-6-11)15-10-17-13-3-1-2-4-14(13)18-15;8-6-7-4-2-1-3-5-7/h1-8,15H,9-10,16H2;7-8H,1-6H2/t15-;/m1./s1. The second-order valence-electron chi connectivity index (χ2n) is 7.00. The van der Waals surface area contributed by atoms with Gasteiger partial charge in [-0.3, -0.25) is 0 Å². The van der Waals surface area contributed by atoms with Crippen molar-refractivity contribution in [2.24, 2.45) is 11.7 Å². The molecule has 0 saturated heterocycles. The Hall–Kier alpha value is -2.04. The van der Waals surface area contributed by atoms with Gasteiger partial charge >= 0.3 is 0 Å². The van der Waals surface area contributed by atoms with Crippen LogP contribution in [0.15, 0.2) is 48.5 Å². The lowest BCUT2D eigenvalue weighted by molar-refractivity contribution is 0.0913. The van der Waals surface area contributed by atoms with Crippen LogP contribution in [0.2, 0.25) is 0 Å². The number of hydrogen-bond donors (Lipinski definition) is 2. The summed E-state index contributed by atoms with van der Waals surface area (Å²) in [7, 11) is 0. The van der Waals surface area contributed by atoms with Crippen LogP contribution < -0.4 is 15.2 Å². The maximum Gasteiger partial charge on any atom is 0.162 e. The van der Waals surface area contributed by atoms with Crippen molar-refractivity contribution in [3.63, 3.8) is 0 Å². The van der Waals surface area contributed by atoms with Crippen molar-refractivity contribution in [2.45, 2.75) is 44.8 Å². The SMILES string of the molecule is NCc1ccc([C@H]2COc3ccccc3O2)cc1.OCC1CCCCC1. The molecular formula is C22H29NO3. The second-order valence-corrected chi connectivity index (χ2v) is 7.00. The van der Waals surface area contributed by atoms with Crippen LogP contribution in [0.25, 0.3) is 0 Å². The molecule has 2 aromatic carbocycles. The van der Waals surface area contributed by atoms with Gasteiger partial charge in [0.15, 0.2) is 17.6 Å². The molecule has 1 heterocycles. The molecule has 0 bridgehead atoms. The zero-order valence-electron chi connectivity index (χ0n) is 15.3. The third kappa shape index (κ3) is 4.99. The summed E-state index contributed by atoms with van der Waals surface area (Å²) in [6.45, 7) is 1.52. The van der Waals surface area contributed by atoms with Crippen molar-refractivity contribution in [3.05, 3.63) is 59.7 Å². The molecule has 2 aliphatic rings. The van der Waals surface area contributed by atoms with E-state index in [0.717, 1.165) is 22.6 Å². The molecule has 0 spiro atoms. The molecule has 140 valence electrons. The van der Waals surface area contributed by atoms with Crippen LogP contribution in [-0.2, 0) is 6.54 Å². The van der Waals surface area contributed by atoms with Crippen LogP contribution in [0.1, 0.15) is 49.3 Å². The molecule has 0 aromatic heterocycles. The van der Waals surface area contributed by atoms with E-state index in [1.807, 2.05) is 48.5 Å². The van der Waals surface area contributed by atoms with Crippen molar-refractivity contribution in [1.82, 2.24) is 0 Å². The van der Waals surface area contributed by atoms with E-state index in [9.17, 15) is 0 Å². The fraction of sp³-hybridized carbons (Fsp3) is 0.455. The zero-order valence-corrected chi connectivity index (χ0v) is 15.3. The van der Waals surface area contributed by atoms with Crippen LogP contribution in [0.5, 0.6) is 11.5 Å². The van der Waals surface area contributed by atoms with Crippen molar-refractivity contribution >= 4 is 0 Å². The minimum absolute atomic E-state index is 0.0493. The number of rotatable bonds is 3. The Balaban J connectivity index is 0.000000206. The van der Waals surface area contributed by atoms with Gasteiger partial charge in [-0.25, -0.2) is 0 Å². The topological polar surface area (TPSA) is 64.7 Å². The lowest BCUT2D eigenvalue weighted by atomic mass is 9.90. The first kappa shape index (κ1) is 18.7. The second kappa shape index (κ2) is 9.60. The van der Waals surface area contributed by atoms with Gasteiger partial charge in [0, 0.05) is 13.2 Å². The van der Waals surface area contributed by atoms with E-state index in [0.29, 0.717) is 25.7 Å². The smallest absolute Gasteiger partial charge is 0.162 e. The van der Waals surface area contributed by atoms with E-state index in [2.05, 4.69) is 0 Å². The van der Waals surface area contributed by atoms with Gasteiger partial charge in [0.05, 0.1) is 0 Å². The van der Waals surface area contributed by atoms with Crippen LogP contribution in [0.3, 0.4) is 0 Å². The molecule has 3 N–H and O–H groups in total. The zero-order chi connectivity index (χ0) is 18.2. The highest BCUT2D eigenvalue weighted by Gasteiger charge is 2.21. The monoisotopic (exact) mass is 355 g/mol. The number of fused-ring (bicyclic) bond motifs is 1. The molecule has 1 saturated carbocycles. The lowest BCUT2D eigenvalue weighted by Crippen LogP contribution is -2.21. The minimum Gasteiger partial charge on any atom is -0.485 e. The molecule has 2 aromatic rings. The van der Waals surface area contributed by atoms with Crippen LogP contribution >= 0.6 is 0 Å². The van der Waals surface area contributed by atoms with Crippen LogP contribution in [0, 0.1) is 5.92 Å². The summed E-state index contributed by atoms with van der Waals surface area (Å²) in [4.78, 5) is 0. The highest BCUT2D eigenvalue weighted by molar-refractivity contribution is 5.41. The minimum atomic E-state index is -0.0493. The van der Waals surface area contributed by atoms with Crippen molar-refractivity contribution < 1.29 is 14.6 Å². The molecule has 0 amide bonds. The molecule has 1 atom stereocenters. The Bertz CT molecular complexity index is 665. The predicted molar refractivity (Wildman–Crippen MR) is 103 cm³/mol. The quantitative estimate of drug-likeness (QED) is 0.865. The average Bonchev–Trinajstić information content (AvgIpc) is 2.74. The molecule has 4 rings (SSSR count). The van der Waals surface area contributed by atoms with Gasteiger partial charge in [0.25, 0.3) is 0 Å². The Labute approximate surface area is 155 Å². The first-order valence-electron chi connectivity index (χ1n) is 9.58. The number of nitrogens with two attached hydrogens (primary N) is 1. The maximum absolute atomic E-state index is 8.69. The number of aliphatic hydroxyl groups excluding tert-OH is 1. The van der Waals surface area contributed by atoms with E-state index < -0.39 is 0 Å². The molecule has 1 aliphatic heterocycles. The molecular weight excluding hydrogens is 326 g/mol. The summed E-state index contributed by atoms with van der Waals surface area (Å²) < 4.78 is 11.6. The highest BCUT2D eigenvalue weighted by Crippen LogP contribution is 2.35. The number of hydrogen-bond acceptors (Lipinski definition) is 4. The van der Waals surface area contributed by atoms with Crippen molar-refractivity contribution in [3.8, 4) is 11.5 Å². The molecule has 0 radical (unpaired) electrons. The van der Waals surface area contributed by atoms with Gasteiger partial charge in [-0.1, -0.05) is 55.7 Å². The first-order valence-corrected chi connectivity index (χ1v) is 9.58. The van der Waals surface area contributed by atoms with E-state index >= 15 is 0 Å². The van der Waals surface area contributed by atoms with E-state index in [1.165, 1.54) is 32.1 Å². The normalized spacial score (nSPS) is 19.4. The number of ether oxygens (including phenoxy) is 2. The predicted octanol–water partition coefficient (Wildman–Crippen LogP) is 4.22. The maximum atomic E-state index is 8.69. The van der Waals surface area contributed by atoms with Gasteiger partial charge in [0.1, 0.15) is 6.61 Å². The van der Waals surface area contributed by atoms with E-state index in [1.54, 1.807) is 0 Å². The van der Waals surface area contributed by atoms with Gasteiger partial charge < -0.3 is 20.3 Å². The van der Waals surface area contributed by atoms with E-state index in [-0.39, 0.29) is 6.10 Å². The third-order valence-electron chi connectivity index (χ3n) is 5.08. The number of para-hydroxylation sites is 2. The van der Waals surface area contributed by atoms with Crippen LogP contribution in [0.4, 0.5) is 0 Å². The first-order chi connectivity index (χ1) is 12.8. The van der Waals surface area contributed by atoms with Crippen molar-refractivity contribution in [2.75, 3.05) is 13.2 Å². The summed E-state index contributed by atoms with van der Waals surface area (Å²) in [6.07, 6.45) is 6.53. The highest BCUT2D eigenvalue weighted by atomic mass is 16.6. The Morgan fingerprint density at radius 3 is 2.23 bits per heavy atom. The molecule has 1 aliphatic carbocycles. The summed E-state index contributed by atoms with van der Waals surface area (Å²) >= 11 is 0. The summed E-state index contributed by atoms with van der Waals surface area (Å²) in [5, 5.41) is 8.69. The van der Waals surface area contributed by atoms with E-state index in [4.69, 9.17) is 20.3 Å². The lowest BCUT2D eigenvalue weighted by Gasteiger charge is -2.26. The van der Waals surface area contributed by atoms with Gasteiger partial charge in [-0.05, 0) is 42.0 Å². The van der Waals surface area contributed by atoms with Crippen molar-refractivity contribution in [1.29, 1.82) is 0 Å². The summed E-state index contributed by atoms with van der Waals surface area (Å²) in [5.74, 6) is 2.26. The number of benzene rings is 2. The van der Waals surface area contributed by atoms with Gasteiger partial charge in [0.2, 0.25) is 0 Å². The largest absolute Gasteiger partial charge is 0.485 e. The Morgan fingerprint density at radius 1 is 0.923 bits per heavy atom. The molecule has 4 nitrogen and oxygen atoms in total. The van der Waals surface area contributed by atoms with Gasteiger partial charge in [-0.2, -0.15) is 0 Å². The molecule has 1 fully saturated rings. The molecule has 26 heavy (non-hydrogen) atoms. The molecule has 0 unspecified atom stereocenters. The fourth-order valence-electron chi connectivity index (χ4n) is 3.42. The fourth-order valence-corrected chi connectivity index (χ4v) is 3.42. The molecule has 4 heteroatoms. The third-order valence-corrected chi connectivity index (χ3v) is 5.08. The van der Waals surface area contributed by atoms with Gasteiger partial charge in [-0.15, -0.1) is 0 Å². The summed E-state index contributed by atoms with van der Waals surface area (Å²) in [6, 6.07) is 15.9. The summed E-state index contributed by atoms with van der Waals surface area (Å²) in [5.41, 5.74) is 7.82. The number of aliphatic hydroxyl groups is 1. The average molecular weight is 355 g/mol. The Kier molecular flexibility index (Phi) is 6.92.